The Labute approximate surface area is 192 Å². The molecule has 5 nitrogen and oxygen atoms in total. The maximum atomic E-state index is 13.5. The Morgan fingerprint density at radius 2 is 1.72 bits per heavy atom. The van der Waals surface area contributed by atoms with Crippen LogP contribution in [-0.2, 0) is 15.8 Å². The van der Waals surface area contributed by atoms with Gasteiger partial charge in [0.05, 0.1) is 22.2 Å². The molecule has 3 aromatic rings. The van der Waals surface area contributed by atoms with Crippen molar-refractivity contribution < 1.29 is 22.8 Å². The van der Waals surface area contributed by atoms with Crippen LogP contribution in [0.2, 0.25) is 5.02 Å². The number of H-pyrrole nitrogens is 1. The lowest BCUT2D eigenvalue weighted by Gasteiger charge is -2.29. The van der Waals surface area contributed by atoms with Crippen LogP contribution in [0.25, 0.3) is 0 Å². The van der Waals surface area contributed by atoms with Crippen LogP contribution < -0.4 is 9.77 Å². The number of anilines is 1. The van der Waals surface area contributed by atoms with Crippen molar-refractivity contribution in [3.63, 3.8) is 0 Å². The monoisotopic (exact) mass is 496 g/mol. The number of aromatic amines is 1. The van der Waals surface area contributed by atoms with E-state index < -0.39 is 40.6 Å². The number of amides is 2. The number of aromatic nitrogens is 1. The van der Waals surface area contributed by atoms with E-state index in [1.54, 1.807) is 24.3 Å². The number of carbonyl (C=O) groups excluding carboxylic acids is 2. The van der Waals surface area contributed by atoms with Crippen LogP contribution in [0.1, 0.15) is 21.9 Å². The third kappa shape index (κ3) is 3.37. The summed E-state index contributed by atoms with van der Waals surface area (Å²) < 4.78 is 39.6. The number of nitrogens with one attached hydrogen (secondary N) is 1. The van der Waals surface area contributed by atoms with Crippen LogP contribution >= 0.6 is 34.7 Å². The zero-order valence-electron chi connectivity index (χ0n) is 15.9. The fourth-order valence-electron chi connectivity index (χ4n) is 4.12. The number of alkyl halides is 3. The van der Waals surface area contributed by atoms with Gasteiger partial charge in [-0.1, -0.05) is 52.9 Å². The van der Waals surface area contributed by atoms with E-state index in [1.165, 1.54) is 12.1 Å². The molecule has 164 valence electrons. The number of thiazole rings is 1. The van der Waals surface area contributed by atoms with Crippen LogP contribution in [0.15, 0.2) is 58.4 Å². The maximum Gasteiger partial charge on any atom is 0.416 e. The number of hydrogen-bond acceptors (Lipinski definition) is 5. The number of benzene rings is 2. The van der Waals surface area contributed by atoms with Gasteiger partial charge in [0, 0.05) is 15.8 Å². The first-order valence-corrected chi connectivity index (χ1v) is 11.4. The van der Waals surface area contributed by atoms with Crippen LogP contribution in [-0.4, -0.2) is 22.0 Å². The summed E-state index contributed by atoms with van der Waals surface area (Å²) in [6.45, 7) is 0. The molecule has 0 radical (unpaired) electrons. The molecule has 0 aliphatic carbocycles. The van der Waals surface area contributed by atoms with E-state index in [1.807, 2.05) is 0 Å². The third-order valence-corrected chi connectivity index (χ3v) is 8.14. The molecule has 0 saturated carbocycles. The molecule has 1 saturated heterocycles. The van der Waals surface area contributed by atoms with E-state index >= 15 is 0 Å². The minimum atomic E-state index is -4.61. The first-order valence-electron chi connectivity index (χ1n) is 9.35. The summed E-state index contributed by atoms with van der Waals surface area (Å²) in [4.78, 5) is 42.6. The Bertz CT molecular complexity index is 1300. The van der Waals surface area contributed by atoms with Crippen molar-refractivity contribution in [2.45, 2.75) is 22.4 Å². The van der Waals surface area contributed by atoms with E-state index in [-0.39, 0.29) is 10.6 Å². The minimum absolute atomic E-state index is 0.128. The highest BCUT2D eigenvalue weighted by atomic mass is 35.5. The van der Waals surface area contributed by atoms with Crippen LogP contribution in [0, 0.1) is 5.92 Å². The molecule has 5 rings (SSSR count). The number of thioether (sulfide) groups is 1. The quantitative estimate of drug-likeness (QED) is 0.512. The van der Waals surface area contributed by atoms with Gasteiger partial charge in [0.1, 0.15) is 5.25 Å². The first-order chi connectivity index (χ1) is 15.1. The topological polar surface area (TPSA) is 70.2 Å². The number of carbonyl (C=O) groups is 2. The molecule has 11 heteroatoms. The number of imide groups is 1. The lowest BCUT2D eigenvalue weighted by atomic mass is 9.83. The van der Waals surface area contributed by atoms with E-state index in [2.05, 4.69) is 4.98 Å². The Kier molecular flexibility index (Phi) is 4.99. The van der Waals surface area contributed by atoms with Gasteiger partial charge in [-0.15, -0.1) is 0 Å². The van der Waals surface area contributed by atoms with E-state index in [0.717, 1.165) is 40.1 Å². The summed E-state index contributed by atoms with van der Waals surface area (Å²) in [6, 6.07) is 10.9. The van der Waals surface area contributed by atoms with Crippen LogP contribution in [0.3, 0.4) is 0 Å². The average molecular weight is 497 g/mol. The molecule has 32 heavy (non-hydrogen) atoms. The summed E-state index contributed by atoms with van der Waals surface area (Å²) in [7, 11) is 0. The SMILES string of the molecule is O=C1[C@H]2[C@H](c3ccc(Cl)cc3)c3sc(=O)[nH]c3S[C@H]2C(=O)N1c1cccc(C(F)(F)F)c1. The Balaban J connectivity index is 1.62. The molecule has 0 bridgehead atoms. The van der Waals surface area contributed by atoms with Gasteiger partial charge in [-0.25, -0.2) is 4.90 Å². The van der Waals surface area contributed by atoms with Gasteiger partial charge < -0.3 is 4.98 Å². The number of rotatable bonds is 2. The summed E-state index contributed by atoms with van der Waals surface area (Å²) in [6.07, 6.45) is -4.61. The number of hydrogen-bond donors (Lipinski definition) is 1. The van der Waals surface area contributed by atoms with Gasteiger partial charge in [0.25, 0.3) is 0 Å². The molecular formula is C21H12ClF3N2O3S2. The van der Waals surface area contributed by atoms with Gasteiger partial charge in [0.2, 0.25) is 11.8 Å². The second kappa shape index (κ2) is 7.50. The predicted molar refractivity (Wildman–Crippen MR) is 115 cm³/mol. The number of halogens is 4. The molecule has 2 aliphatic rings. The highest BCUT2D eigenvalue weighted by molar-refractivity contribution is 8.00. The number of fused-ring (bicyclic) bond motifs is 2. The normalized spacial score (nSPS) is 22.8. The van der Waals surface area contributed by atoms with Gasteiger partial charge in [-0.2, -0.15) is 13.2 Å². The zero-order valence-corrected chi connectivity index (χ0v) is 18.2. The van der Waals surface area contributed by atoms with Gasteiger partial charge in [-0.3, -0.25) is 14.4 Å². The zero-order chi connectivity index (χ0) is 22.8. The Morgan fingerprint density at radius 1 is 1.00 bits per heavy atom. The largest absolute Gasteiger partial charge is 0.416 e. The second-order valence-corrected chi connectivity index (χ2v) is 9.96. The van der Waals surface area contributed by atoms with Crippen molar-refractivity contribution in [2.75, 3.05) is 4.90 Å². The molecular weight excluding hydrogens is 485 g/mol. The summed E-state index contributed by atoms with van der Waals surface area (Å²) >= 11 is 8.02. The average Bonchev–Trinajstić information content (AvgIpc) is 3.23. The maximum absolute atomic E-state index is 13.5. The fourth-order valence-corrected chi connectivity index (χ4v) is 6.76. The Morgan fingerprint density at radius 3 is 2.41 bits per heavy atom. The molecule has 1 aromatic heterocycles. The summed E-state index contributed by atoms with van der Waals surface area (Å²) in [5.74, 6) is -2.69. The highest BCUT2D eigenvalue weighted by Gasteiger charge is 2.56. The van der Waals surface area contributed by atoms with Crippen molar-refractivity contribution in [3.8, 4) is 0 Å². The predicted octanol–water partition coefficient (Wildman–Crippen LogP) is 4.90. The summed E-state index contributed by atoms with van der Waals surface area (Å²) in [5.41, 5.74) is -0.388. The fraction of sp³-hybridized carbons (Fsp3) is 0.190. The molecule has 3 heterocycles. The van der Waals surface area contributed by atoms with Gasteiger partial charge >= 0.3 is 11.0 Å². The molecule has 2 aromatic carbocycles. The lowest BCUT2D eigenvalue weighted by molar-refractivity contribution is -0.137. The molecule has 3 atom stereocenters. The second-order valence-electron chi connectivity index (χ2n) is 7.36. The van der Waals surface area contributed by atoms with Crippen molar-refractivity contribution in [3.05, 3.63) is 79.2 Å². The number of nitrogens with zero attached hydrogens (tertiary/aromatic N) is 1. The Hall–Kier alpha value is -2.56. The molecule has 2 amide bonds. The standard InChI is InChI=1S/C21H12ClF3N2O3S2/c22-11-6-4-9(5-7-11)13-14-16(31-17-15(13)32-20(30)26-17)19(29)27(18(14)28)12-3-1-2-10(8-12)21(23,24)25/h1-8,13-14,16H,(H,26,30)/t13-,14-,16+/m0/s1. The van der Waals surface area contributed by atoms with Crippen molar-refractivity contribution in [1.29, 1.82) is 0 Å². The van der Waals surface area contributed by atoms with Crippen molar-refractivity contribution >= 4 is 52.2 Å². The van der Waals surface area contributed by atoms with E-state index in [0.29, 0.717) is 20.5 Å². The molecule has 1 fully saturated rings. The van der Waals surface area contributed by atoms with Crippen LogP contribution in [0.5, 0.6) is 0 Å². The third-order valence-electron chi connectivity index (χ3n) is 5.48. The van der Waals surface area contributed by atoms with E-state index in [9.17, 15) is 27.6 Å². The summed E-state index contributed by atoms with van der Waals surface area (Å²) in [5, 5.41) is 0.0982. The van der Waals surface area contributed by atoms with Gasteiger partial charge in [0.15, 0.2) is 0 Å². The van der Waals surface area contributed by atoms with Crippen molar-refractivity contribution in [1.82, 2.24) is 4.98 Å². The molecule has 0 spiro atoms. The van der Waals surface area contributed by atoms with Crippen molar-refractivity contribution in [2.24, 2.45) is 5.92 Å². The minimum Gasteiger partial charge on any atom is -0.307 e. The molecule has 2 aliphatic heterocycles. The van der Waals surface area contributed by atoms with Gasteiger partial charge in [-0.05, 0) is 35.9 Å². The highest BCUT2D eigenvalue weighted by Crippen LogP contribution is 2.53. The van der Waals surface area contributed by atoms with Crippen LogP contribution in [0.4, 0.5) is 18.9 Å². The lowest BCUT2D eigenvalue weighted by Crippen LogP contribution is -2.32. The van der Waals surface area contributed by atoms with E-state index in [4.69, 9.17) is 11.6 Å². The molecule has 0 unspecified atom stereocenters. The molecule has 1 N–H and O–H groups in total. The smallest absolute Gasteiger partial charge is 0.307 e. The first kappa shape index (κ1) is 21.3.